The van der Waals surface area contributed by atoms with Crippen LogP contribution in [0.25, 0.3) is 57.1 Å². The van der Waals surface area contributed by atoms with Gasteiger partial charge in [-0.1, -0.05) is 254 Å². The van der Waals surface area contributed by atoms with E-state index in [2.05, 4.69) is 326 Å². The van der Waals surface area contributed by atoms with Crippen molar-refractivity contribution in [1.29, 1.82) is 0 Å². The molecular formula is C91H92N2O. The Bertz CT molecular complexity index is 4550. The van der Waals surface area contributed by atoms with Crippen molar-refractivity contribution in [2.24, 2.45) is 40.9 Å². The monoisotopic (exact) mass is 1230 g/mol. The van der Waals surface area contributed by atoms with Crippen LogP contribution >= 0.6 is 0 Å². The Morgan fingerprint density at radius 2 is 1.35 bits per heavy atom. The van der Waals surface area contributed by atoms with Crippen molar-refractivity contribution in [3.63, 3.8) is 0 Å². The SMILES string of the molecule is C=Cc1ccc(C2=C(C)CC(OCC(C)CCC(C)CC3(c4ccccc4)c4cc(N(c5ccc(C6=CCC(C(C)(C)C)C=C6)cc5)c5ccc(-c6ccc7c(c6)c6c(n7-c7ccccc7)=CCC(C7=CCC(C=C)C=C7)C=6)cc5)ccc4C4C=CC=CC43)C(C)=C2)cc1. The highest BCUT2D eigenvalue weighted by atomic mass is 16.5. The van der Waals surface area contributed by atoms with Gasteiger partial charge in [-0.3, -0.25) is 0 Å². The molecule has 0 aliphatic heterocycles. The Balaban J connectivity index is 0.795. The summed E-state index contributed by atoms with van der Waals surface area (Å²) < 4.78 is 9.30. The van der Waals surface area contributed by atoms with E-state index in [0.29, 0.717) is 29.6 Å². The third kappa shape index (κ3) is 12.2. The van der Waals surface area contributed by atoms with Crippen LogP contribution in [0.2, 0.25) is 0 Å². The first-order valence-corrected chi connectivity index (χ1v) is 34.8. The van der Waals surface area contributed by atoms with Gasteiger partial charge in [-0.2, -0.15) is 0 Å². The lowest BCUT2D eigenvalue weighted by Crippen LogP contribution is -2.35. The van der Waals surface area contributed by atoms with Crippen molar-refractivity contribution in [1.82, 2.24) is 4.57 Å². The summed E-state index contributed by atoms with van der Waals surface area (Å²) in [4.78, 5) is 2.51. The van der Waals surface area contributed by atoms with Crippen molar-refractivity contribution < 1.29 is 4.74 Å². The van der Waals surface area contributed by atoms with Gasteiger partial charge in [0.25, 0.3) is 0 Å². The van der Waals surface area contributed by atoms with Gasteiger partial charge in [0.15, 0.2) is 0 Å². The molecule has 472 valence electrons. The van der Waals surface area contributed by atoms with Crippen molar-refractivity contribution in [2.45, 2.75) is 111 Å². The number of benzene rings is 7. The zero-order chi connectivity index (χ0) is 64.7. The molecule has 3 nitrogen and oxygen atoms in total. The molecule has 7 aromatic carbocycles. The average Bonchev–Trinajstić information content (AvgIpc) is 1.55. The fourth-order valence-electron chi connectivity index (χ4n) is 16.4. The Labute approximate surface area is 560 Å². The van der Waals surface area contributed by atoms with E-state index in [4.69, 9.17) is 4.74 Å². The molecule has 0 spiro atoms. The van der Waals surface area contributed by atoms with E-state index in [1.165, 1.54) is 99.7 Å². The lowest BCUT2D eigenvalue weighted by Gasteiger charge is -2.40. The van der Waals surface area contributed by atoms with Crippen molar-refractivity contribution >= 4 is 57.3 Å². The predicted molar refractivity (Wildman–Crippen MR) is 401 cm³/mol. The standard InChI is InChI=1S/C91H92N2O/c1-10-65-28-32-69(33-29-65)72-42-52-87-83(56-72)84-57-73(43-53-88(84)93(87)76-22-16-13-17-23-76)70-40-48-78(49-41-70)92(77-46-38-68(39-47-77)67-36-44-74(45-37-67)90(7,8)9)79-50-51-81-80-24-18-19-25-85(80)91(86(81)58-79,75-20-14-12-15-21-75)59-61(3)26-27-62(4)60-94-89-55-63(5)82(54-64(89)6)71-34-30-66(11-2)31-35-71/h10-25,28,30-41,43-44,46-54,56-58,61-62,65,72,74,80,85,89H,1-2,26-27,29,42,45,55,59-60H2,3-9H3. The highest BCUT2D eigenvalue weighted by Gasteiger charge is 2.52. The summed E-state index contributed by atoms with van der Waals surface area (Å²) in [7, 11) is 0. The van der Waals surface area contributed by atoms with Crippen LogP contribution < -0.4 is 15.5 Å². The quantitative estimate of drug-likeness (QED) is 0.0751. The molecule has 14 rings (SSSR count). The average molecular weight is 1230 g/mol. The second kappa shape index (κ2) is 26.4. The molecule has 1 aromatic heterocycles. The van der Waals surface area contributed by atoms with Gasteiger partial charge in [0.05, 0.1) is 11.6 Å². The van der Waals surface area contributed by atoms with Crippen LogP contribution in [0, 0.1) is 40.9 Å². The highest BCUT2D eigenvalue weighted by Crippen LogP contribution is 2.60. The van der Waals surface area contributed by atoms with Gasteiger partial charge in [0, 0.05) is 68.5 Å². The number of rotatable bonds is 19. The zero-order valence-electron chi connectivity index (χ0n) is 56.3. The molecule has 0 amide bonds. The maximum absolute atomic E-state index is 6.83. The molecule has 0 saturated carbocycles. The van der Waals surface area contributed by atoms with Crippen LogP contribution in [0.1, 0.15) is 133 Å². The molecule has 0 N–H and O–H groups in total. The van der Waals surface area contributed by atoms with Gasteiger partial charge in [0.2, 0.25) is 0 Å². The fraction of sp³-hybridized carbons (Fsp3) is 0.275. The molecule has 6 aliphatic rings. The summed E-state index contributed by atoms with van der Waals surface area (Å²) in [6, 6.07) is 64.6. The summed E-state index contributed by atoms with van der Waals surface area (Å²) in [6.07, 6.45) is 42.6. The molecule has 0 saturated heterocycles. The smallest absolute Gasteiger partial charge is 0.0822 e. The van der Waals surface area contributed by atoms with Crippen LogP contribution in [-0.4, -0.2) is 17.3 Å². The van der Waals surface area contributed by atoms with Crippen LogP contribution in [0.5, 0.6) is 0 Å². The number of ether oxygens (including phenoxy) is 1. The third-order valence-electron chi connectivity index (χ3n) is 21.8. The summed E-state index contributed by atoms with van der Waals surface area (Å²) in [5, 5.41) is 3.88. The number of hydrogen-bond acceptors (Lipinski definition) is 2. The maximum atomic E-state index is 6.83. The molecule has 0 radical (unpaired) electrons. The normalized spacial score (nSPS) is 22.6. The first-order chi connectivity index (χ1) is 45.7. The molecule has 0 bridgehead atoms. The van der Waals surface area contributed by atoms with E-state index in [1.54, 1.807) is 0 Å². The molecule has 9 atom stereocenters. The summed E-state index contributed by atoms with van der Waals surface area (Å²) in [6.45, 7) is 25.3. The van der Waals surface area contributed by atoms with E-state index < -0.39 is 0 Å². The second-order valence-electron chi connectivity index (χ2n) is 29.1. The van der Waals surface area contributed by atoms with E-state index in [-0.39, 0.29) is 28.8 Å². The minimum Gasteiger partial charge on any atom is -0.373 e. The molecule has 8 aromatic rings. The van der Waals surface area contributed by atoms with E-state index >= 15 is 0 Å². The number of allylic oxidation sites excluding steroid dienone is 15. The Kier molecular flexibility index (Phi) is 17.5. The van der Waals surface area contributed by atoms with Crippen molar-refractivity contribution in [3.05, 3.63) is 317 Å². The minimum absolute atomic E-state index is 0.105. The Morgan fingerprint density at radius 3 is 2.04 bits per heavy atom. The maximum Gasteiger partial charge on any atom is 0.0822 e. The molecule has 94 heavy (non-hydrogen) atoms. The molecule has 1 heterocycles. The number of aromatic nitrogens is 1. The number of nitrogens with zero attached hydrogens (tertiary/aromatic N) is 2. The predicted octanol–water partition coefficient (Wildman–Crippen LogP) is 22.5. The van der Waals surface area contributed by atoms with Gasteiger partial charge in [-0.05, 0) is 209 Å². The fourth-order valence-corrected chi connectivity index (χ4v) is 16.4. The Hall–Kier alpha value is -9.02. The van der Waals surface area contributed by atoms with Gasteiger partial charge in [0.1, 0.15) is 0 Å². The van der Waals surface area contributed by atoms with Gasteiger partial charge < -0.3 is 14.2 Å². The lowest BCUT2D eigenvalue weighted by molar-refractivity contribution is 0.0503. The largest absolute Gasteiger partial charge is 0.373 e. The van der Waals surface area contributed by atoms with Crippen molar-refractivity contribution in [2.75, 3.05) is 11.5 Å². The second-order valence-corrected chi connectivity index (χ2v) is 29.1. The van der Waals surface area contributed by atoms with Crippen LogP contribution in [0.4, 0.5) is 17.1 Å². The highest BCUT2D eigenvalue weighted by molar-refractivity contribution is 5.90. The summed E-state index contributed by atoms with van der Waals surface area (Å²) in [5.41, 5.74) is 22.9. The Morgan fingerprint density at radius 1 is 0.660 bits per heavy atom. The first kappa shape index (κ1) is 62.4. The zero-order valence-corrected chi connectivity index (χ0v) is 56.3. The minimum atomic E-state index is -0.259. The number of para-hydroxylation sites is 1. The molecule has 6 aliphatic carbocycles. The first-order valence-electron chi connectivity index (χ1n) is 34.8. The van der Waals surface area contributed by atoms with E-state index in [9.17, 15) is 0 Å². The summed E-state index contributed by atoms with van der Waals surface area (Å²) in [5.74, 6) is 2.67. The van der Waals surface area contributed by atoms with Crippen molar-refractivity contribution in [3.8, 4) is 16.8 Å². The van der Waals surface area contributed by atoms with Crippen LogP contribution in [0.3, 0.4) is 0 Å². The topological polar surface area (TPSA) is 17.4 Å². The molecule has 0 fully saturated rings. The lowest BCUT2D eigenvalue weighted by atomic mass is 9.62. The number of fused-ring (bicyclic) bond motifs is 6. The summed E-state index contributed by atoms with van der Waals surface area (Å²) >= 11 is 0. The molecule has 3 heteroatoms. The van der Waals surface area contributed by atoms with E-state index in [0.717, 1.165) is 68.5 Å². The van der Waals surface area contributed by atoms with Gasteiger partial charge in [-0.15, -0.1) is 6.58 Å². The van der Waals surface area contributed by atoms with Crippen LogP contribution in [0.15, 0.2) is 273 Å². The van der Waals surface area contributed by atoms with E-state index in [1.807, 2.05) is 6.08 Å². The van der Waals surface area contributed by atoms with Gasteiger partial charge in [-0.25, -0.2) is 0 Å². The third-order valence-corrected chi connectivity index (χ3v) is 21.8. The number of anilines is 3. The molecule has 9 unspecified atom stereocenters. The number of hydrogen-bond donors (Lipinski definition) is 0. The molecular weight excluding hydrogens is 1140 g/mol. The van der Waals surface area contributed by atoms with Gasteiger partial charge >= 0.3 is 0 Å². The van der Waals surface area contributed by atoms with Crippen LogP contribution in [-0.2, 0) is 10.2 Å².